The number of guanidine groups is 1. The number of nitrogens with one attached hydrogen (secondary N) is 4. The fraction of sp³-hybridized carbons (Fsp3) is 0.500. The lowest BCUT2D eigenvalue weighted by molar-refractivity contribution is -0.143. The van der Waals surface area contributed by atoms with E-state index >= 15 is 0 Å². The highest BCUT2D eigenvalue weighted by Crippen LogP contribution is 2.19. The van der Waals surface area contributed by atoms with Crippen molar-refractivity contribution < 1.29 is 29.1 Å². The number of aromatic amines is 1. The minimum absolute atomic E-state index is 0.0463. The van der Waals surface area contributed by atoms with Crippen LogP contribution in [0.1, 0.15) is 51.5 Å². The third-order valence-electron chi connectivity index (χ3n) is 7.12. The van der Waals surface area contributed by atoms with E-state index in [1.807, 2.05) is 24.3 Å². The van der Waals surface area contributed by atoms with Gasteiger partial charge in [0.1, 0.15) is 18.1 Å². The van der Waals surface area contributed by atoms with Crippen LogP contribution in [-0.2, 0) is 30.4 Å². The predicted molar refractivity (Wildman–Crippen MR) is 161 cm³/mol. The van der Waals surface area contributed by atoms with E-state index < -0.39 is 59.7 Å². The Bertz CT molecular complexity index is 1310. The van der Waals surface area contributed by atoms with Gasteiger partial charge in [-0.3, -0.25) is 24.2 Å². The van der Waals surface area contributed by atoms with Crippen LogP contribution < -0.4 is 38.9 Å². The summed E-state index contributed by atoms with van der Waals surface area (Å²) in [5, 5.41) is 18.2. The van der Waals surface area contributed by atoms with E-state index in [1.54, 1.807) is 20.0 Å². The second kappa shape index (κ2) is 16.7. The number of benzene rings is 1. The number of H-pyrrole nitrogens is 1. The van der Waals surface area contributed by atoms with Crippen LogP contribution in [0.4, 0.5) is 0 Å². The maximum atomic E-state index is 13.4. The Morgan fingerprint density at radius 3 is 2.26 bits per heavy atom. The second-order valence-electron chi connectivity index (χ2n) is 10.5. The van der Waals surface area contributed by atoms with Crippen LogP contribution in [0, 0.1) is 5.92 Å². The first-order valence-electron chi connectivity index (χ1n) is 14.1. The van der Waals surface area contributed by atoms with Crippen molar-refractivity contribution in [1.82, 2.24) is 20.9 Å². The molecule has 0 aliphatic carbocycles. The zero-order chi connectivity index (χ0) is 32.1. The normalized spacial score (nSPS) is 14.5. The number of nitrogens with zero attached hydrogens (tertiary/aromatic N) is 1. The molecule has 1 heterocycles. The topological polar surface area (TPSA) is 274 Å². The van der Waals surface area contributed by atoms with E-state index in [0.29, 0.717) is 6.42 Å². The third kappa shape index (κ3) is 10.9. The molecule has 1 aromatic heterocycles. The highest BCUT2D eigenvalue weighted by Gasteiger charge is 2.33. The van der Waals surface area contributed by atoms with E-state index in [0.717, 1.165) is 16.5 Å². The van der Waals surface area contributed by atoms with Crippen molar-refractivity contribution in [3.63, 3.8) is 0 Å². The summed E-state index contributed by atoms with van der Waals surface area (Å²) in [5.74, 6) is -4.57. The highest BCUT2D eigenvalue weighted by molar-refractivity contribution is 5.95. The molecule has 0 radical (unpaired) electrons. The lowest BCUT2D eigenvalue weighted by Gasteiger charge is -2.28. The van der Waals surface area contributed by atoms with E-state index in [2.05, 4.69) is 25.9 Å². The zero-order valence-electron chi connectivity index (χ0n) is 24.5. The number of hydrogen-bond donors (Lipinski definition) is 9. The maximum Gasteiger partial charge on any atom is 0.326 e. The molecule has 1 aromatic carbocycles. The lowest BCUT2D eigenvalue weighted by Crippen LogP contribution is -2.58. The van der Waals surface area contributed by atoms with E-state index in [-0.39, 0.29) is 44.6 Å². The predicted octanol–water partition coefficient (Wildman–Crippen LogP) is -1.06. The van der Waals surface area contributed by atoms with Gasteiger partial charge in [-0.25, -0.2) is 4.79 Å². The summed E-state index contributed by atoms with van der Waals surface area (Å²) in [4.78, 5) is 69.8. The number of para-hydroxylation sites is 1. The number of primary amides is 1. The number of carbonyl (C=O) groups excluding carboxylic acids is 4. The van der Waals surface area contributed by atoms with Crippen molar-refractivity contribution >= 4 is 46.5 Å². The van der Waals surface area contributed by atoms with Crippen molar-refractivity contribution in [2.24, 2.45) is 33.8 Å². The number of aliphatic carboxylic acids is 1. The Morgan fingerprint density at radius 2 is 1.63 bits per heavy atom. The standard InChI is InChI=1S/C28H43N9O6/c1-3-15(2)23(26(41)36-21(27(42)43)9-6-12-33-28(31)32)37-25(40)20(10-11-22(30)38)35-24(39)18(29)13-16-14-34-19-8-5-4-7-17(16)19/h4-5,7-8,14-15,18,20-21,23,34H,3,6,9-13,29H2,1-2H3,(H2,30,38)(H,35,39)(H,36,41)(H,37,40)(H,42,43)(H4,31,32,33). The third-order valence-corrected chi connectivity index (χ3v) is 7.12. The molecular weight excluding hydrogens is 558 g/mol. The van der Waals surface area contributed by atoms with Gasteiger partial charge in [-0.15, -0.1) is 0 Å². The molecule has 5 unspecified atom stereocenters. The average molecular weight is 602 g/mol. The molecule has 43 heavy (non-hydrogen) atoms. The number of hydrogen-bond acceptors (Lipinski definition) is 7. The van der Waals surface area contributed by atoms with Crippen LogP contribution in [-0.4, -0.2) is 76.4 Å². The van der Waals surface area contributed by atoms with Gasteiger partial charge in [-0.2, -0.15) is 0 Å². The first kappa shape index (κ1) is 34.5. The molecule has 15 heteroatoms. The number of aromatic nitrogens is 1. The molecule has 13 N–H and O–H groups in total. The number of carbonyl (C=O) groups is 5. The van der Waals surface area contributed by atoms with Crippen LogP contribution in [0.2, 0.25) is 0 Å². The second-order valence-corrected chi connectivity index (χ2v) is 10.5. The first-order valence-corrected chi connectivity index (χ1v) is 14.1. The van der Waals surface area contributed by atoms with Gasteiger partial charge in [0.05, 0.1) is 6.04 Å². The molecule has 2 rings (SSSR count). The molecule has 0 aliphatic heterocycles. The number of amides is 4. The van der Waals surface area contributed by atoms with Gasteiger partial charge < -0.3 is 49.0 Å². The number of carboxylic acids is 1. The van der Waals surface area contributed by atoms with Crippen molar-refractivity contribution in [2.75, 3.05) is 6.54 Å². The molecule has 0 bridgehead atoms. The van der Waals surface area contributed by atoms with Gasteiger partial charge in [0.2, 0.25) is 23.6 Å². The van der Waals surface area contributed by atoms with E-state index in [1.165, 1.54) is 0 Å². The SMILES string of the molecule is CCC(C)C(NC(=O)C(CCC(N)=O)NC(=O)C(N)Cc1c[nH]c2ccccc12)C(=O)NC(CCCN=C(N)N)C(=O)O. The average Bonchev–Trinajstić information content (AvgIpc) is 3.36. The molecule has 236 valence electrons. The van der Waals surface area contributed by atoms with Gasteiger partial charge in [0.15, 0.2) is 5.96 Å². The Kier molecular flexibility index (Phi) is 13.4. The van der Waals surface area contributed by atoms with Gasteiger partial charge in [0, 0.05) is 30.1 Å². The zero-order valence-corrected chi connectivity index (χ0v) is 24.5. The highest BCUT2D eigenvalue weighted by atomic mass is 16.4. The summed E-state index contributed by atoms with van der Waals surface area (Å²) < 4.78 is 0. The minimum Gasteiger partial charge on any atom is -0.480 e. The smallest absolute Gasteiger partial charge is 0.326 e. The maximum absolute atomic E-state index is 13.4. The molecule has 0 saturated heterocycles. The summed E-state index contributed by atoms with van der Waals surface area (Å²) >= 11 is 0. The van der Waals surface area contributed by atoms with Crippen LogP contribution in [0.15, 0.2) is 35.5 Å². The largest absolute Gasteiger partial charge is 0.480 e. The van der Waals surface area contributed by atoms with Crippen molar-refractivity contribution in [3.05, 3.63) is 36.0 Å². The number of aliphatic imine (C=N–C) groups is 1. The number of nitrogens with two attached hydrogens (primary N) is 4. The van der Waals surface area contributed by atoms with Crippen molar-refractivity contribution in [3.8, 4) is 0 Å². The van der Waals surface area contributed by atoms with Crippen molar-refractivity contribution in [1.29, 1.82) is 0 Å². The molecule has 2 aromatic rings. The number of fused-ring (bicyclic) bond motifs is 1. The molecule has 4 amide bonds. The molecular formula is C28H43N9O6. The summed E-state index contributed by atoms with van der Waals surface area (Å²) in [7, 11) is 0. The summed E-state index contributed by atoms with van der Waals surface area (Å²) in [6, 6.07) is 2.89. The Morgan fingerprint density at radius 1 is 0.953 bits per heavy atom. The molecule has 15 nitrogen and oxygen atoms in total. The van der Waals surface area contributed by atoms with Crippen LogP contribution >= 0.6 is 0 Å². The van der Waals surface area contributed by atoms with Gasteiger partial charge in [0.25, 0.3) is 0 Å². The minimum atomic E-state index is -1.26. The van der Waals surface area contributed by atoms with E-state index in [9.17, 15) is 29.1 Å². The Labute approximate surface area is 249 Å². The van der Waals surface area contributed by atoms with Crippen molar-refractivity contribution in [2.45, 2.75) is 76.5 Å². The van der Waals surface area contributed by atoms with Crippen LogP contribution in [0.25, 0.3) is 10.9 Å². The van der Waals surface area contributed by atoms with Gasteiger partial charge in [-0.1, -0.05) is 38.5 Å². The molecule has 0 spiro atoms. The fourth-order valence-electron chi connectivity index (χ4n) is 4.44. The summed E-state index contributed by atoms with van der Waals surface area (Å²) in [6.45, 7) is 3.70. The fourth-order valence-corrected chi connectivity index (χ4v) is 4.44. The Balaban J connectivity index is 2.14. The number of carboxylic acid groups (broad SMARTS) is 1. The number of rotatable bonds is 18. The quantitative estimate of drug-likeness (QED) is 0.0571. The van der Waals surface area contributed by atoms with E-state index in [4.69, 9.17) is 22.9 Å². The molecule has 0 aliphatic rings. The lowest BCUT2D eigenvalue weighted by atomic mass is 9.96. The monoisotopic (exact) mass is 601 g/mol. The van der Waals surface area contributed by atoms with Crippen LogP contribution in [0.5, 0.6) is 0 Å². The first-order chi connectivity index (χ1) is 20.3. The van der Waals surface area contributed by atoms with Gasteiger partial charge >= 0.3 is 5.97 Å². The Hall–Kier alpha value is -4.66. The van der Waals surface area contributed by atoms with Gasteiger partial charge in [-0.05, 0) is 43.2 Å². The summed E-state index contributed by atoms with van der Waals surface area (Å²) in [6.07, 6.45) is 2.39. The molecule has 0 saturated carbocycles. The van der Waals surface area contributed by atoms with Crippen LogP contribution in [0.3, 0.4) is 0 Å². The summed E-state index contributed by atoms with van der Waals surface area (Å²) in [5.41, 5.74) is 23.7. The molecule has 0 fully saturated rings. The molecule has 5 atom stereocenters.